The molecule has 1 saturated carbocycles. The molecule has 6 N–H and O–H groups in total. The average Bonchev–Trinajstić information content (AvgIpc) is 2.63. The van der Waals surface area contributed by atoms with Gasteiger partial charge in [0.2, 0.25) is 11.8 Å². The van der Waals surface area contributed by atoms with Crippen LogP contribution in [0, 0.1) is 11.8 Å². The number of nitrogens with two attached hydrogens (primary N) is 1. The fourth-order valence-electron chi connectivity index (χ4n) is 3.04. The number of carboxylic acid groups (broad SMARTS) is 2. The van der Waals surface area contributed by atoms with Crippen molar-refractivity contribution in [1.29, 1.82) is 0 Å². The number of rotatable bonds is 11. The van der Waals surface area contributed by atoms with Gasteiger partial charge in [-0.25, -0.2) is 4.79 Å². The van der Waals surface area contributed by atoms with Crippen LogP contribution in [0.25, 0.3) is 0 Å². The molecule has 0 aromatic carbocycles. The maximum Gasteiger partial charge on any atom is 0.326 e. The molecule has 0 aromatic rings. The molecular weight excluding hydrogens is 410 g/mol. The van der Waals surface area contributed by atoms with Crippen molar-refractivity contribution in [3.63, 3.8) is 0 Å². The van der Waals surface area contributed by atoms with Crippen LogP contribution in [0.4, 0.5) is 0 Å². The van der Waals surface area contributed by atoms with Crippen LogP contribution in [0.3, 0.4) is 0 Å². The largest absolute Gasteiger partial charge is 0.481 e. The molecule has 0 aromatic heterocycles. The normalized spacial score (nSPS) is 20.9. The molecule has 9 nitrogen and oxygen atoms in total. The van der Waals surface area contributed by atoms with Gasteiger partial charge in [-0.1, -0.05) is 0 Å². The maximum atomic E-state index is 12.2. The Morgan fingerprint density at radius 2 is 1.75 bits per heavy atom. The summed E-state index contributed by atoms with van der Waals surface area (Å²) in [6, 6.07) is -1.93. The molecule has 2 atom stereocenters. The van der Waals surface area contributed by atoms with Gasteiger partial charge in [-0.05, 0) is 50.0 Å². The minimum atomic E-state index is -1.42. The van der Waals surface area contributed by atoms with Gasteiger partial charge in [-0.2, -0.15) is 11.8 Å². The first kappa shape index (κ1) is 26.5. The van der Waals surface area contributed by atoms with E-state index >= 15 is 0 Å². The molecule has 162 valence electrons. The Kier molecular flexibility index (Phi) is 12.9. The highest BCUT2D eigenvalue weighted by atomic mass is 35.5. The second-order valence-electron chi connectivity index (χ2n) is 6.85. The monoisotopic (exact) mass is 439 g/mol. The van der Waals surface area contributed by atoms with E-state index in [1.807, 2.05) is 6.26 Å². The van der Waals surface area contributed by atoms with Crippen LogP contribution in [-0.2, 0) is 19.2 Å². The Balaban J connectivity index is 0.00000729. The zero-order valence-corrected chi connectivity index (χ0v) is 17.5. The molecule has 11 heteroatoms. The van der Waals surface area contributed by atoms with Gasteiger partial charge in [-0.3, -0.25) is 14.4 Å². The summed E-state index contributed by atoms with van der Waals surface area (Å²) in [7, 11) is 0. The molecule has 28 heavy (non-hydrogen) atoms. The van der Waals surface area contributed by atoms with Gasteiger partial charge in [0.25, 0.3) is 0 Å². The van der Waals surface area contributed by atoms with Gasteiger partial charge in [0.15, 0.2) is 0 Å². The minimum Gasteiger partial charge on any atom is -0.481 e. The summed E-state index contributed by atoms with van der Waals surface area (Å²) in [4.78, 5) is 45.9. The number of thioether (sulfide) groups is 1. The van der Waals surface area contributed by atoms with Crippen LogP contribution < -0.4 is 16.4 Å². The van der Waals surface area contributed by atoms with Crippen molar-refractivity contribution in [3.05, 3.63) is 0 Å². The molecule has 0 saturated heterocycles. The third-order valence-electron chi connectivity index (χ3n) is 4.75. The van der Waals surface area contributed by atoms with E-state index < -0.39 is 36.4 Å². The van der Waals surface area contributed by atoms with E-state index in [1.165, 1.54) is 0 Å². The first-order valence-electron chi connectivity index (χ1n) is 9.01. The van der Waals surface area contributed by atoms with Crippen molar-refractivity contribution in [2.45, 2.75) is 50.6 Å². The van der Waals surface area contributed by atoms with Crippen LogP contribution in [0.2, 0.25) is 0 Å². The summed E-state index contributed by atoms with van der Waals surface area (Å²) in [5.74, 6) is -2.49. The number of carbonyl (C=O) groups excluding carboxylic acids is 2. The van der Waals surface area contributed by atoms with Gasteiger partial charge in [0, 0.05) is 12.5 Å². The molecule has 0 radical (unpaired) electrons. The van der Waals surface area contributed by atoms with Gasteiger partial charge >= 0.3 is 11.9 Å². The summed E-state index contributed by atoms with van der Waals surface area (Å²) in [5, 5.41) is 22.9. The van der Waals surface area contributed by atoms with Gasteiger partial charge < -0.3 is 26.6 Å². The number of carboxylic acids is 2. The van der Waals surface area contributed by atoms with Gasteiger partial charge in [0.05, 0.1) is 12.5 Å². The molecule has 2 amide bonds. The minimum absolute atomic E-state index is 0. The van der Waals surface area contributed by atoms with E-state index in [4.69, 9.17) is 15.9 Å². The average molecular weight is 440 g/mol. The first-order chi connectivity index (χ1) is 12.7. The fourth-order valence-corrected chi connectivity index (χ4v) is 3.53. The van der Waals surface area contributed by atoms with Gasteiger partial charge in [0.1, 0.15) is 6.04 Å². The Morgan fingerprint density at radius 3 is 2.25 bits per heavy atom. The van der Waals surface area contributed by atoms with E-state index in [0.29, 0.717) is 25.8 Å². The Bertz CT molecular complexity index is 543. The summed E-state index contributed by atoms with van der Waals surface area (Å²) >= 11 is 1.64. The van der Waals surface area contributed by atoms with Crippen molar-refractivity contribution in [2.75, 3.05) is 18.6 Å². The highest BCUT2D eigenvalue weighted by molar-refractivity contribution is 7.98. The Labute approximate surface area is 175 Å². The predicted octanol–water partition coefficient (Wildman–Crippen LogP) is 0.455. The lowest BCUT2D eigenvalue weighted by molar-refractivity contribution is -0.147. The number of carbonyl (C=O) groups is 4. The van der Waals surface area contributed by atoms with Crippen molar-refractivity contribution in [2.24, 2.45) is 17.6 Å². The van der Waals surface area contributed by atoms with Gasteiger partial charge in [-0.15, -0.1) is 12.4 Å². The third-order valence-corrected chi connectivity index (χ3v) is 5.39. The molecule has 1 aliphatic rings. The van der Waals surface area contributed by atoms with Crippen LogP contribution >= 0.6 is 24.2 Å². The SMILES string of the molecule is CSCC[C@H](N)C(=O)NCC1CCC(C(=O)N[C@@H](CC(=O)O)C(=O)O)CC1.Cl. The van der Waals surface area contributed by atoms with E-state index in [2.05, 4.69) is 10.6 Å². The lowest BCUT2D eigenvalue weighted by Gasteiger charge is -2.29. The molecular formula is C17H30ClN3O6S. The number of nitrogens with one attached hydrogen (secondary N) is 2. The summed E-state index contributed by atoms with van der Waals surface area (Å²) in [6.07, 6.45) is 4.54. The summed E-state index contributed by atoms with van der Waals surface area (Å²) < 4.78 is 0. The Hall–Kier alpha value is -1.52. The molecule has 0 spiro atoms. The molecule has 1 rings (SSSR count). The van der Waals surface area contributed by atoms with E-state index in [9.17, 15) is 19.2 Å². The maximum absolute atomic E-state index is 12.2. The highest BCUT2D eigenvalue weighted by Crippen LogP contribution is 2.28. The van der Waals surface area contributed by atoms with E-state index in [-0.39, 0.29) is 30.2 Å². The zero-order valence-electron chi connectivity index (χ0n) is 15.9. The zero-order chi connectivity index (χ0) is 20.4. The van der Waals surface area contributed by atoms with Crippen LogP contribution in [0.15, 0.2) is 0 Å². The van der Waals surface area contributed by atoms with E-state index in [1.54, 1.807) is 11.8 Å². The van der Waals surface area contributed by atoms with Crippen LogP contribution in [0.1, 0.15) is 38.5 Å². The molecule has 0 heterocycles. The molecule has 1 fully saturated rings. The van der Waals surface area contributed by atoms with Crippen LogP contribution in [0.5, 0.6) is 0 Å². The fraction of sp³-hybridized carbons (Fsp3) is 0.765. The number of halogens is 1. The second-order valence-corrected chi connectivity index (χ2v) is 7.83. The number of amides is 2. The van der Waals surface area contributed by atoms with Crippen LogP contribution in [-0.4, -0.2) is 64.6 Å². The third kappa shape index (κ3) is 9.61. The summed E-state index contributed by atoms with van der Waals surface area (Å²) in [5.41, 5.74) is 5.82. The highest BCUT2D eigenvalue weighted by Gasteiger charge is 2.30. The Morgan fingerprint density at radius 1 is 1.14 bits per heavy atom. The molecule has 0 bridgehead atoms. The molecule has 0 aliphatic heterocycles. The lowest BCUT2D eigenvalue weighted by atomic mass is 9.81. The molecule has 1 aliphatic carbocycles. The quantitative estimate of drug-likeness (QED) is 0.310. The number of aliphatic carboxylic acids is 2. The second kappa shape index (κ2) is 13.6. The smallest absolute Gasteiger partial charge is 0.326 e. The van der Waals surface area contributed by atoms with Crippen molar-refractivity contribution in [3.8, 4) is 0 Å². The number of hydrogen-bond donors (Lipinski definition) is 5. The van der Waals surface area contributed by atoms with Crippen molar-refractivity contribution >= 4 is 47.9 Å². The van der Waals surface area contributed by atoms with Crippen molar-refractivity contribution < 1.29 is 29.4 Å². The van der Waals surface area contributed by atoms with E-state index in [0.717, 1.165) is 18.6 Å². The standard InChI is InChI=1S/C17H29N3O6S.ClH/c1-27-7-6-12(18)16(24)19-9-10-2-4-11(5-3-10)15(23)20-13(17(25)26)8-14(21)22;/h10-13H,2-9,18H2,1H3,(H,19,24)(H,20,23)(H,21,22)(H,25,26);1H/t10?,11?,12-,13-;/m0./s1. The molecule has 0 unspecified atom stereocenters. The lowest BCUT2D eigenvalue weighted by Crippen LogP contribution is -2.46. The first-order valence-corrected chi connectivity index (χ1v) is 10.4. The predicted molar refractivity (Wildman–Crippen MR) is 108 cm³/mol. The number of hydrogen-bond acceptors (Lipinski definition) is 6. The van der Waals surface area contributed by atoms with Crippen molar-refractivity contribution in [1.82, 2.24) is 10.6 Å². The topological polar surface area (TPSA) is 159 Å². The summed E-state index contributed by atoms with van der Waals surface area (Å²) in [6.45, 7) is 0.511.